The zero-order chi connectivity index (χ0) is 30.6. The number of nitrogens with zero attached hydrogens (tertiary/aromatic N) is 2. The van der Waals surface area contributed by atoms with Crippen LogP contribution in [0.5, 0.6) is 0 Å². The van der Waals surface area contributed by atoms with Gasteiger partial charge in [-0.1, -0.05) is 40.0 Å². The van der Waals surface area contributed by atoms with E-state index in [1.165, 1.54) is 19.0 Å². The molecule has 0 bridgehead atoms. The number of Topliss-reactive ketones (excluding diaryl/α,β-unsaturated/α-hetero) is 1. The summed E-state index contributed by atoms with van der Waals surface area (Å²) in [5.41, 5.74) is -1.68. The fourth-order valence-corrected chi connectivity index (χ4v) is 6.71. The Balaban J connectivity index is 1.67. The molecule has 0 aromatic carbocycles. The number of sulfonamides is 1. The molecule has 5 amide bonds. The lowest BCUT2D eigenvalue weighted by atomic mass is 9.83. The monoisotopic (exact) mass is 598 g/mol. The normalized spacial score (nSPS) is 21.6. The summed E-state index contributed by atoms with van der Waals surface area (Å²) in [6.07, 6.45) is 6.14. The summed E-state index contributed by atoms with van der Waals surface area (Å²) in [7, 11) is -0.683. The van der Waals surface area contributed by atoms with E-state index < -0.39 is 69.1 Å². The number of ketones is 1. The maximum Gasteiger partial charge on any atom is 0.315 e. The Morgan fingerprint density at radius 2 is 1.61 bits per heavy atom. The molecule has 0 aromatic rings. The molecule has 13 nitrogen and oxygen atoms in total. The van der Waals surface area contributed by atoms with Crippen molar-refractivity contribution in [3.8, 4) is 0 Å². The van der Waals surface area contributed by atoms with Crippen LogP contribution in [0.25, 0.3) is 0 Å². The lowest BCUT2D eigenvalue weighted by molar-refractivity contribution is -0.142. The molecule has 1 saturated heterocycles. The number of amides is 5. The van der Waals surface area contributed by atoms with Crippen LogP contribution in [0.4, 0.5) is 4.79 Å². The van der Waals surface area contributed by atoms with Gasteiger partial charge in [-0.15, -0.1) is 0 Å². The lowest BCUT2D eigenvalue weighted by Gasteiger charge is -2.40. The SMILES string of the molecule is CN(C)S(=O)(=O)CC1(NC(=O)N[C@H](C(=O)N2CCC[C@H]2C(=O)NCC(=O)C(=O)NC2CC2)C(C)(C)C)CCCCC1. The first-order valence-electron chi connectivity index (χ1n) is 14.5. The predicted molar refractivity (Wildman–Crippen MR) is 152 cm³/mol. The molecule has 3 aliphatic rings. The highest BCUT2D eigenvalue weighted by molar-refractivity contribution is 7.89. The maximum atomic E-state index is 13.8. The molecule has 41 heavy (non-hydrogen) atoms. The molecule has 0 radical (unpaired) electrons. The average molecular weight is 599 g/mol. The zero-order valence-electron chi connectivity index (χ0n) is 24.9. The van der Waals surface area contributed by atoms with Gasteiger partial charge in [0.2, 0.25) is 27.6 Å². The van der Waals surface area contributed by atoms with Crippen LogP contribution in [0.15, 0.2) is 0 Å². The fraction of sp³-hybridized carbons (Fsp3) is 0.815. The Labute approximate surface area is 242 Å². The van der Waals surface area contributed by atoms with Crippen LogP contribution in [0.3, 0.4) is 0 Å². The summed E-state index contributed by atoms with van der Waals surface area (Å²) in [5.74, 6) is -2.69. The molecule has 2 aliphatic carbocycles. The van der Waals surface area contributed by atoms with E-state index >= 15 is 0 Å². The third-order valence-electron chi connectivity index (χ3n) is 8.02. The fourth-order valence-electron chi connectivity index (χ4n) is 5.40. The molecular weight excluding hydrogens is 552 g/mol. The number of carbonyl (C=O) groups excluding carboxylic acids is 5. The topological polar surface area (TPSA) is 174 Å². The van der Waals surface area contributed by atoms with E-state index in [9.17, 15) is 32.4 Å². The summed E-state index contributed by atoms with van der Waals surface area (Å²) >= 11 is 0. The van der Waals surface area contributed by atoms with Crippen LogP contribution in [-0.4, -0.2) is 104 Å². The van der Waals surface area contributed by atoms with Crippen molar-refractivity contribution in [1.82, 2.24) is 30.5 Å². The number of hydrogen-bond donors (Lipinski definition) is 4. The molecule has 3 fully saturated rings. The first-order valence-corrected chi connectivity index (χ1v) is 16.1. The van der Waals surface area contributed by atoms with Gasteiger partial charge in [-0.05, 0) is 43.9 Å². The van der Waals surface area contributed by atoms with E-state index in [0.29, 0.717) is 32.2 Å². The average Bonchev–Trinajstić information content (AvgIpc) is 3.55. The van der Waals surface area contributed by atoms with E-state index in [4.69, 9.17) is 0 Å². The number of urea groups is 1. The molecule has 3 rings (SSSR count). The highest BCUT2D eigenvalue weighted by Crippen LogP contribution is 2.31. The van der Waals surface area contributed by atoms with Gasteiger partial charge in [0.1, 0.15) is 12.1 Å². The smallest absolute Gasteiger partial charge is 0.315 e. The highest BCUT2D eigenvalue weighted by atomic mass is 32.2. The van der Waals surface area contributed by atoms with Gasteiger partial charge in [0, 0.05) is 26.7 Å². The molecule has 0 unspecified atom stereocenters. The van der Waals surface area contributed by atoms with Crippen molar-refractivity contribution in [3.63, 3.8) is 0 Å². The second-order valence-electron chi connectivity index (χ2n) is 12.9. The Hall–Kier alpha value is -2.74. The van der Waals surface area contributed by atoms with Crippen LogP contribution < -0.4 is 21.3 Å². The van der Waals surface area contributed by atoms with Crippen molar-refractivity contribution >= 4 is 39.6 Å². The van der Waals surface area contributed by atoms with Crippen molar-refractivity contribution in [2.45, 2.75) is 102 Å². The van der Waals surface area contributed by atoms with Gasteiger partial charge in [-0.2, -0.15) is 0 Å². The quantitative estimate of drug-likeness (QED) is 0.247. The molecule has 14 heteroatoms. The Morgan fingerprint density at radius 1 is 0.976 bits per heavy atom. The molecule has 4 N–H and O–H groups in total. The van der Waals surface area contributed by atoms with Crippen LogP contribution in [0.2, 0.25) is 0 Å². The minimum Gasteiger partial charge on any atom is -0.347 e. The van der Waals surface area contributed by atoms with E-state index in [1.807, 2.05) is 0 Å². The summed E-state index contributed by atoms with van der Waals surface area (Å²) in [4.78, 5) is 65.5. The van der Waals surface area contributed by atoms with E-state index in [0.717, 1.165) is 36.4 Å². The van der Waals surface area contributed by atoms with Gasteiger partial charge in [-0.3, -0.25) is 19.2 Å². The summed E-state index contributed by atoms with van der Waals surface area (Å²) in [6, 6.07) is -2.46. The minimum absolute atomic E-state index is 0.0227. The van der Waals surface area contributed by atoms with Crippen LogP contribution >= 0.6 is 0 Å². The van der Waals surface area contributed by atoms with Crippen LogP contribution in [0.1, 0.15) is 78.6 Å². The second kappa shape index (κ2) is 13.1. The van der Waals surface area contributed by atoms with Crippen molar-refractivity contribution in [1.29, 1.82) is 0 Å². The summed E-state index contributed by atoms with van der Waals surface area (Å²) in [5, 5.41) is 10.8. The molecule has 0 spiro atoms. The molecule has 1 aliphatic heterocycles. The molecular formula is C27H46N6O7S. The van der Waals surface area contributed by atoms with Gasteiger partial charge >= 0.3 is 6.03 Å². The number of carbonyl (C=O) groups is 5. The van der Waals surface area contributed by atoms with Gasteiger partial charge < -0.3 is 26.2 Å². The predicted octanol–water partition coefficient (Wildman–Crippen LogP) is 0.250. The number of nitrogens with one attached hydrogen (secondary N) is 4. The number of rotatable bonds is 11. The zero-order valence-corrected chi connectivity index (χ0v) is 25.7. The Bertz CT molecular complexity index is 1120. The number of likely N-dealkylation sites (tertiary alicyclic amines) is 1. The van der Waals surface area contributed by atoms with Gasteiger partial charge in [-0.25, -0.2) is 17.5 Å². The first kappa shape index (κ1) is 32.8. The van der Waals surface area contributed by atoms with Crippen molar-refractivity contribution < 1.29 is 32.4 Å². The van der Waals surface area contributed by atoms with Gasteiger partial charge in [0.05, 0.1) is 17.8 Å². The summed E-state index contributed by atoms with van der Waals surface area (Å²) < 4.78 is 26.6. The molecule has 232 valence electrons. The first-order chi connectivity index (χ1) is 19.0. The summed E-state index contributed by atoms with van der Waals surface area (Å²) in [6.45, 7) is 5.23. The molecule has 2 saturated carbocycles. The van der Waals surface area contributed by atoms with Crippen LogP contribution in [0, 0.1) is 5.41 Å². The van der Waals surface area contributed by atoms with Crippen LogP contribution in [-0.2, 0) is 29.2 Å². The maximum absolute atomic E-state index is 13.8. The second-order valence-corrected chi connectivity index (χ2v) is 15.0. The van der Waals surface area contributed by atoms with Crippen molar-refractivity contribution in [3.05, 3.63) is 0 Å². The number of hydrogen-bond acceptors (Lipinski definition) is 7. The van der Waals surface area contributed by atoms with Gasteiger partial charge in [0.15, 0.2) is 0 Å². The van der Waals surface area contributed by atoms with E-state index in [1.54, 1.807) is 20.8 Å². The third-order valence-corrected chi connectivity index (χ3v) is 10.1. The lowest BCUT2D eigenvalue weighted by Crippen LogP contribution is -2.63. The van der Waals surface area contributed by atoms with E-state index in [2.05, 4.69) is 21.3 Å². The largest absolute Gasteiger partial charge is 0.347 e. The molecule has 2 atom stereocenters. The Kier molecular flexibility index (Phi) is 10.4. The van der Waals surface area contributed by atoms with Crippen molar-refractivity contribution in [2.75, 3.05) is 32.9 Å². The Morgan fingerprint density at radius 3 is 2.17 bits per heavy atom. The standard InChI is InChI=1S/C27H46N6O7S/c1-26(2,3)21(30-25(38)31-27(13-7-6-8-14-27)17-41(39,40)32(4)5)24(37)33-15-9-10-19(33)22(35)28-16-20(34)23(36)29-18-11-12-18/h18-19,21H,6-17H2,1-5H3,(H,28,35)(H,29,36)(H2,30,31,38)/t19-,21+/m0/s1. The molecule has 0 aromatic heterocycles. The van der Waals surface area contributed by atoms with Gasteiger partial charge in [0.25, 0.3) is 5.91 Å². The van der Waals surface area contributed by atoms with E-state index in [-0.39, 0.29) is 11.8 Å². The van der Waals surface area contributed by atoms with Crippen molar-refractivity contribution in [2.24, 2.45) is 5.41 Å². The highest BCUT2D eigenvalue weighted by Gasteiger charge is 2.44. The minimum atomic E-state index is -3.60. The molecule has 1 heterocycles. The third kappa shape index (κ3) is 8.87.